The number of aliphatic hydroxyl groups is 2. The maximum Gasteiger partial charge on any atom is 0.202 e. The van der Waals surface area contributed by atoms with Crippen molar-refractivity contribution in [2.75, 3.05) is 28.2 Å². The summed E-state index contributed by atoms with van der Waals surface area (Å²) >= 11 is 0. The minimum absolute atomic E-state index is 0.00278. The number of ether oxygens (including phenoxy) is 3. The lowest BCUT2D eigenvalue weighted by molar-refractivity contribution is -0.176. The highest BCUT2D eigenvalue weighted by atomic mass is 16.6. The van der Waals surface area contributed by atoms with Crippen LogP contribution in [-0.4, -0.2) is 107 Å². The summed E-state index contributed by atoms with van der Waals surface area (Å²) in [5, 5.41) is 34.7. The minimum Gasteiger partial charge on any atom is -0.507 e. The van der Waals surface area contributed by atoms with Gasteiger partial charge in [0.25, 0.3) is 0 Å². The van der Waals surface area contributed by atoms with Crippen LogP contribution in [0.4, 0.5) is 0 Å². The van der Waals surface area contributed by atoms with Crippen molar-refractivity contribution in [2.24, 2.45) is 0 Å². The number of aliphatic hydroxyl groups excluding tert-OH is 2. The van der Waals surface area contributed by atoms with Crippen LogP contribution >= 0.6 is 0 Å². The van der Waals surface area contributed by atoms with Crippen LogP contribution in [0.3, 0.4) is 0 Å². The minimum atomic E-state index is -0.945. The van der Waals surface area contributed by atoms with E-state index in [9.17, 15) is 24.9 Å². The van der Waals surface area contributed by atoms with Crippen LogP contribution in [0.2, 0.25) is 0 Å². The van der Waals surface area contributed by atoms with Gasteiger partial charge in [-0.3, -0.25) is 14.4 Å². The molecule has 12 nitrogen and oxygen atoms in total. The molecule has 0 spiro atoms. The molecule has 12 heteroatoms. The maximum absolute atomic E-state index is 15.1. The van der Waals surface area contributed by atoms with Crippen LogP contribution in [0.5, 0.6) is 5.75 Å². The molecule has 3 aliphatic heterocycles. The first-order valence-electron chi connectivity index (χ1n) is 18.3. The molecule has 3 aromatic rings. The number of allylic oxidation sites excluding steroid dienone is 1. The molecule has 1 aliphatic carbocycles. The number of phenolic OH excluding ortho intramolecular Hbond substituents is 1. The Morgan fingerprint density at radius 2 is 1.57 bits per heavy atom. The smallest absolute Gasteiger partial charge is 0.202 e. The fraction of sp³-hybridized carbons (Fsp3) is 0.537. The van der Waals surface area contributed by atoms with E-state index in [-0.39, 0.29) is 68.5 Å². The number of carbonyl (C=O) groups is 2. The molecule has 3 N–H and O–H groups in total. The summed E-state index contributed by atoms with van der Waals surface area (Å²) in [5.74, 6) is -1.41. The average molecular weight is 731 g/mol. The van der Waals surface area contributed by atoms with E-state index < -0.39 is 65.1 Å². The molecule has 0 saturated carbocycles. The van der Waals surface area contributed by atoms with E-state index in [4.69, 9.17) is 18.6 Å². The van der Waals surface area contributed by atoms with Gasteiger partial charge in [0, 0.05) is 34.3 Å². The van der Waals surface area contributed by atoms with Gasteiger partial charge >= 0.3 is 0 Å². The first-order valence-corrected chi connectivity index (χ1v) is 18.3. The number of aryl methyl sites for hydroxylation is 1. The van der Waals surface area contributed by atoms with E-state index in [0.29, 0.717) is 17.5 Å². The molecule has 3 fully saturated rings. The van der Waals surface area contributed by atoms with Gasteiger partial charge in [0.05, 0.1) is 53.1 Å². The zero-order valence-electron chi connectivity index (χ0n) is 32.0. The molecule has 7 rings (SSSR count). The number of hydrogen-bond acceptors (Lipinski definition) is 12. The van der Waals surface area contributed by atoms with Crippen molar-refractivity contribution in [3.8, 4) is 5.75 Å². The average Bonchev–Trinajstić information content (AvgIpc) is 3.76. The lowest BCUT2D eigenvalue weighted by atomic mass is 9.74. The molecule has 0 radical (unpaired) electrons. The Balaban J connectivity index is 1.48. The first-order chi connectivity index (χ1) is 24.8. The van der Waals surface area contributed by atoms with E-state index in [0.717, 1.165) is 0 Å². The Labute approximate surface area is 308 Å². The number of phenols is 1. The fourth-order valence-electron chi connectivity index (χ4n) is 8.74. The van der Waals surface area contributed by atoms with Crippen molar-refractivity contribution in [2.45, 2.75) is 114 Å². The Morgan fingerprint density at radius 1 is 0.887 bits per heavy atom. The number of hydrogen-bond donors (Lipinski definition) is 3. The Bertz CT molecular complexity index is 2120. The highest BCUT2D eigenvalue weighted by molar-refractivity contribution is 6.33. The highest BCUT2D eigenvalue weighted by Crippen LogP contribution is 2.51. The van der Waals surface area contributed by atoms with Crippen molar-refractivity contribution in [1.29, 1.82) is 0 Å². The summed E-state index contributed by atoms with van der Waals surface area (Å²) in [6.07, 6.45) is -0.576. The third-order valence-electron chi connectivity index (χ3n) is 12.3. The molecule has 4 aliphatic rings. The number of ketones is 2. The molecular weight excluding hydrogens is 680 g/mol. The van der Waals surface area contributed by atoms with Crippen molar-refractivity contribution in [3.05, 3.63) is 85.3 Å². The molecule has 3 saturated heterocycles. The van der Waals surface area contributed by atoms with Gasteiger partial charge in [-0.1, -0.05) is 12.2 Å². The number of rotatable bonds is 6. The summed E-state index contributed by atoms with van der Waals surface area (Å²) in [6, 6.07) is 4.26. The molecule has 0 bridgehead atoms. The van der Waals surface area contributed by atoms with Gasteiger partial charge in [0.1, 0.15) is 23.2 Å². The SMILES string of the molecule is CC=CC1OC1(C)c1cc(=O)c2c(C)cc3c(c2o1)C(=O)c1c(O)c([C@H]2C[C@](C)(N(C)C)[C@H](O)[C@H](C)O2)cc([C@H]2C[C@@H](N(C)C)[C@H](O)[C@@H](C)O2)c1C3=O. The zero-order chi connectivity index (χ0) is 38.6. The lowest BCUT2D eigenvalue weighted by Gasteiger charge is -2.49. The highest BCUT2D eigenvalue weighted by Gasteiger charge is 2.55. The molecule has 4 heterocycles. The second kappa shape index (κ2) is 12.9. The Morgan fingerprint density at radius 3 is 2.21 bits per heavy atom. The van der Waals surface area contributed by atoms with Crippen molar-refractivity contribution < 1.29 is 43.5 Å². The largest absolute Gasteiger partial charge is 0.507 e. The van der Waals surface area contributed by atoms with E-state index in [1.54, 1.807) is 33.8 Å². The Hall–Kier alpha value is -3.75. The van der Waals surface area contributed by atoms with Gasteiger partial charge in [-0.05, 0) is 106 Å². The van der Waals surface area contributed by atoms with Crippen LogP contribution in [0.1, 0.15) is 114 Å². The molecule has 0 amide bonds. The predicted molar refractivity (Wildman–Crippen MR) is 197 cm³/mol. The van der Waals surface area contributed by atoms with Gasteiger partial charge in [-0.2, -0.15) is 0 Å². The van der Waals surface area contributed by atoms with Gasteiger partial charge in [0.2, 0.25) is 5.78 Å². The first kappa shape index (κ1) is 37.6. The van der Waals surface area contributed by atoms with Gasteiger partial charge in [-0.25, -0.2) is 0 Å². The van der Waals surface area contributed by atoms with Crippen LogP contribution in [0, 0.1) is 6.92 Å². The molecular formula is C41H50N2O10. The van der Waals surface area contributed by atoms with Gasteiger partial charge in [0.15, 0.2) is 16.8 Å². The number of benzene rings is 2. The second-order valence-corrected chi connectivity index (χ2v) is 16.1. The summed E-state index contributed by atoms with van der Waals surface area (Å²) in [7, 11) is 7.45. The van der Waals surface area contributed by atoms with Crippen LogP contribution in [0.25, 0.3) is 11.0 Å². The van der Waals surface area contributed by atoms with Crippen LogP contribution < -0.4 is 5.43 Å². The van der Waals surface area contributed by atoms with Gasteiger partial charge < -0.3 is 43.7 Å². The standard InChI is InChI=1S/C41H50N2O10/c1-11-12-28-41(6,53-28)29-16-25(44)30-18(2)13-23-32(38(30)52-29)37(48)33-31(36(23)47)21(26-15-24(42(7)8)34(45)19(3)50-26)14-22(35(33)46)27-17-40(5,43(9)10)39(49)20(4)51-27/h11-14,16,19-20,24,26-28,34,39,45-46,49H,15,17H2,1-10H3/t19-,20+,24-,26-,27-,28?,34-,39-,40+,41?/m1/s1. The predicted octanol–water partition coefficient (Wildman–Crippen LogP) is 4.44. The van der Waals surface area contributed by atoms with E-state index in [2.05, 4.69) is 0 Å². The normalized spacial score (nSPS) is 34.3. The number of likely N-dealkylation sites (N-methyl/N-ethyl adjacent to an activating group) is 2. The number of aromatic hydroxyl groups is 1. The maximum atomic E-state index is 15.1. The topological polar surface area (TPSA) is 163 Å². The number of epoxide rings is 1. The fourth-order valence-corrected chi connectivity index (χ4v) is 8.74. The number of nitrogens with zero attached hydrogens (tertiary/aromatic N) is 2. The van der Waals surface area contributed by atoms with Crippen LogP contribution in [-0.2, 0) is 19.8 Å². The van der Waals surface area contributed by atoms with E-state index >= 15 is 4.79 Å². The summed E-state index contributed by atoms with van der Waals surface area (Å²) in [5.41, 5.74) is -1.32. The van der Waals surface area contributed by atoms with Crippen LogP contribution in [0.15, 0.2) is 39.6 Å². The van der Waals surface area contributed by atoms with Crippen molar-refractivity contribution >= 4 is 22.5 Å². The number of fused-ring (bicyclic) bond motifs is 4. The van der Waals surface area contributed by atoms with Crippen molar-refractivity contribution in [1.82, 2.24) is 9.80 Å². The summed E-state index contributed by atoms with van der Waals surface area (Å²) in [4.78, 5) is 47.5. The molecule has 2 unspecified atom stereocenters. The third kappa shape index (κ3) is 5.64. The van der Waals surface area contributed by atoms with Crippen molar-refractivity contribution in [3.63, 3.8) is 0 Å². The zero-order valence-corrected chi connectivity index (χ0v) is 32.0. The Kier molecular flexibility index (Phi) is 9.17. The summed E-state index contributed by atoms with van der Waals surface area (Å²) in [6.45, 7) is 10.8. The molecule has 284 valence electrons. The molecule has 2 aromatic carbocycles. The molecule has 1 aromatic heterocycles. The molecule has 53 heavy (non-hydrogen) atoms. The van der Waals surface area contributed by atoms with E-state index in [1.165, 1.54) is 12.1 Å². The second-order valence-electron chi connectivity index (χ2n) is 16.1. The monoisotopic (exact) mass is 730 g/mol. The lowest BCUT2D eigenvalue weighted by Crippen LogP contribution is -2.59. The van der Waals surface area contributed by atoms with E-state index in [1.807, 2.05) is 64.0 Å². The quantitative estimate of drug-likeness (QED) is 0.189. The molecule has 10 atom stereocenters. The number of carbonyl (C=O) groups excluding carboxylic acids is 2. The third-order valence-corrected chi connectivity index (χ3v) is 12.3. The summed E-state index contributed by atoms with van der Waals surface area (Å²) < 4.78 is 25.1. The van der Waals surface area contributed by atoms with Gasteiger partial charge in [-0.15, -0.1) is 0 Å².